The molecule has 6 heterocycles. The zero-order valence-electron chi connectivity index (χ0n) is 36.4. The largest absolute Gasteiger partial charge is 0.376 e. The third kappa shape index (κ3) is 4.56. The Balaban J connectivity index is 1.12. The number of rotatable bonds is 4. The van der Waals surface area contributed by atoms with E-state index in [0.717, 1.165) is 0 Å². The average Bonchev–Trinajstić information content (AvgIpc) is 3.40. The number of benzene rings is 10. The Morgan fingerprint density at radius 2 is 0.672 bits per heavy atom. The van der Waals surface area contributed by atoms with Crippen molar-refractivity contribution in [2.45, 2.75) is 0 Å². The minimum absolute atomic E-state index is 0.0237. The van der Waals surface area contributed by atoms with E-state index in [4.69, 9.17) is 0 Å². The summed E-state index contributed by atoms with van der Waals surface area (Å²) in [7, 11) is 0. The molecule has 0 aromatic heterocycles. The highest BCUT2D eigenvalue weighted by Gasteiger charge is 2.58. The van der Waals surface area contributed by atoms with Gasteiger partial charge in [-0.2, -0.15) is 0 Å². The van der Waals surface area contributed by atoms with Gasteiger partial charge in [0.25, 0.3) is 6.71 Å². The molecule has 6 aliphatic rings. The number of nitrogens with zero attached hydrogens (tertiary/aromatic N) is 4. The molecule has 6 aliphatic heterocycles. The van der Waals surface area contributed by atoms with Gasteiger partial charge in [-0.25, -0.2) is 0 Å². The summed E-state index contributed by atoms with van der Waals surface area (Å²) in [5.41, 5.74) is 29.5. The molecule has 0 fully saturated rings. The fourth-order valence-electron chi connectivity index (χ4n) is 13.1. The first-order chi connectivity index (χ1) is 33.3. The SMILES string of the molecule is c1ccc(-c2ccc3c(c2)N2c4ccccc4B4c5c6c7c8c(c52)B3c2ccc(-c3ccccc3)cc2N8c2ccccc2B7N(c2ccccc2)c2cccc(c2-6)N4c2ccccc2)cc1. The van der Waals surface area contributed by atoms with E-state index in [-0.39, 0.29) is 20.4 Å². The van der Waals surface area contributed by atoms with Crippen molar-refractivity contribution < 1.29 is 0 Å². The Bertz CT molecular complexity index is 3510. The molecule has 0 amide bonds. The van der Waals surface area contributed by atoms with Crippen LogP contribution in [0.1, 0.15) is 0 Å². The Morgan fingerprint density at radius 1 is 0.269 bits per heavy atom. The molecule has 306 valence electrons. The summed E-state index contributed by atoms with van der Waals surface area (Å²) >= 11 is 0. The fraction of sp³-hybridized carbons (Fsp3) is 0. The normalized spacial score (nSPS) is 14.4. The second-order valence-electron chi connectivity index (χ2n) is 18.7. The van der Waals surface area contributed by atoms with Gasteiger partial charge in [0, 0.05) is 62.4 Å². The monoisotopic (exact) mass is 846 g/mol. The molecule has 0 spiro atoms. The van der Waals surface area contributed by atoms with Gasteiger partial charge in [0.05, 0.1) is 0 Å². The van der Waals surface area contributed by atoms with E-state index in [1.54, 1.807) is 0 Å². The number of para-hydroxylation sites is 4. The molecule has 67 heavy (non-hydrogen) atoms. The molecule has 7 heteroatoms. The van der Waals surface area contributed by atoms with Crippen LogP contribution in [-0.2, 0) is 0 Å². The summed E-state index contributed by atoms with van der Waals surface area (Å²) in [6.07, 6.45) is 0. The number of hydrogen-bond donors (Lipinski definition) is 0. The molecule has 10 aromatic carbocycles. The van der Waals surface area contributed by atoms with Crippen LogP contribution in [0.4, 0.5) is 56.9 Å². The molecule has 0 atom stereocenters. The van der Waals surface area contributed by atoms with Gasteiger partial charge >= 0.3 is 13.7 Å². The van der Waals surface area contributed by atoms with E-state index in [1.807, 2.05) is 0 Å². The van der Waals surface area contributed by atoms with Crippen molar-refractivity contribution in [1.82, 2.24) is 0 Å². The van der Waals surface area contributed by atoms with Crippen LogP contribution in [0.25, 0.3) is 33.4 Å². The summed E-state index contributed by atoms with van der Waals surface area (Å²) in [4.78, 5) is 10.7. The summed E-state index contributed by atoms with van der Waals surface area (Å²) in [6.45, 7) is -0.190. The smallest absolute Gasteiger partial charge is 0.333 e. The second-order valence-corrected chi connectivity index (χ2v) is 18.7. The van der Waals surface area contributed by atoms with Crippen molar-refractivity contribution in [3.05, 3.63) is 224 Å². The zero-order valence-corrected chi connectivity index (χ0v) is 36.4. The first-order valence-electron chi connectivity index (χ1n) is 23.5. The van der Waals surface area contributed by atoms with E-state index in [2.05, 4.69) is 244 Å². The zero-order chi connectivity index (χ0) is 43.5. The van der Waals surface area contributed by atoms with Gasteiger partial charge in [-0.1, -0.05) is 164 Å². The number of anilines is 10. The first-order valence-corrected chi connectivity index (χ1v) is 23.5. The lowest BCUT2D eigenvalue weighted by molar-refractivity contribution is 1.23. The van der Waals surface area contributed by atoms with E-state index < -0.39 is 0 Å². The number of hydrogen-bond acceptors (Lipinski definition) is 4. The molecule has 0 bridgehead atoms. The Kier molecular flexibility index (Phi) is 7.03. The highest BCUT2D eigenvalue weighted by Crippen LogP contribution is 2.56. The maximum absolute atomic E-state index is 2.68. The van der Waals surface area contributed by atoms with Gasteiger partial charge in [0.2, 0.25) is 0 Å². The second kappa shape index (κ2) is 13.1. The van der Waals surface area contributed by atoms with Crippen molar-refractivity contribution in [2.24, 2.45) is 0 Å². The minimum Gasteiger partial charge on any atom is -0.376 e. The van der Waals surface area contributed by atoms with Crippen LogP contribution in [0.2, 0.25) is 0 Å². The maximum atomic E-state index is 2.68. The van der Waals surface area contributed by atoms with Crippen LogP contribution in [0.5, 0.6) is 0 Å². The highest BCUT2D eigenvalue weighted by molar-refractivity contribution is 7.05. The number of fused-ring (bicyclic) bond motifs is 12. The van der Waals surface area contributed by atoms with Gasteiger partial charge in [0.1, 0.15) is 0 Å². The third-order valence-corrected chi connectivity index (χ3v) is 15.5. The van der Waals surface area contributed by atoms with Crippen LogP contribution >= 0.6 is 0 Å². The summed E-state index contributed by atoms with van der Waals surface area (Å²) in [5.74, 6) is 0. The molecule has 4 nitrogen and oxygen atoms in total. The molecular formula is C60H37B3N4. The minimum atomic E-state index is -0.0833. The lowest BCUT2D eigenvalue weighted by Crippen LogP contribution is -2.74. The standard InChI is InChI=1S/C60H37B3N4/c1-5-18-38(19-6-1)40-32-34-44-52(36-40)64-48-28-15-13-26-46(48)62-56-55-54-50(66(62)42-22-9-3-10-23-42)30-17-31-51(54)67(43-24-11-4-12-25-43)63-47-27-14-16-29-49(47)65-53-37-41(39-20-7-2-8-21-39)33-35-45(53)61(44)58(59(56)64)60(65)57(55)63/h1-37H. The molecule has 10 aromatic rings. The van der Waals surface area contributed by atoms with Gasteiger partial charge in [-0.05, 0) is 127 Å². The summed E-state index contributed by atoms with van der Waals surface area (Å²) < 4.78 is 0. The lowest BCUT2D eigenvalue weighted by atomic mass is 9.28. The maximum Gasteiger partial charge on any atom is 0.333 e. The predicted molar refractivity (Wildman–Crippen MR) is 284 cm³/mol. The molecule has 0 radical (unpaired) electrons. The summed E-state index contributed by atoms with van der Waals surface area (Å²) in [5, 5.41) is 0. The van der Waals surface area contributed by atoms with Crippen LogP contribution in [0.3, 0.4) is 0 Å². The van der Waals surface area contributed by atoms with Gasteiger partial charge in [-0.15, -0.1) is 0 Å². The van der Waals surface area contributed by atoms with Crippen LogP contribution in [-0.4, -0.2) is 20.4 Å². The highest BCUT2D eigenvalue weighted by atomic mass is 15.2. The Morgan fingerprint density at radius 3 is 1.13 bits per heavy atom. The Labute approximate surface area is 390 Å². The Hall–Kier alpha value is -8.41. The molecule has 0 saturated heterocycles. The third-order valence-electron chi connectivity index (χ3n) is 15.5. The topological polar surface area (TPSA) is 13.0 Å². The van der Waals surface area contributed by atoms with Crippen LogP contribution < -0.4 is 57.7 Å². The quantitative estimate of drug-likeness (QED) is 0.164. The van der Waals surface area contributed by atoms with Gasteiger partial charge < -0.3 is 19.4 Å². The van der Waals surface area contributed by atoms with Gasteiger partial charge in [-0.3, -0.25) is 0 Å². The fourth-order valence-corrected chi connectivity index (χ4v) is 13.1. The molecular weight excluding hydrogens is 809 g/mol. The molecule has 0 N–H and O–H groups in total. The average molecular weight is 846 g/mol. The van der Waals surface area contributed by atoms with E-state index in [9.17, 15) is 0 Å². The van der Waals surface area contributed by atoms with E-state index in [1.165, 1.54) is 128 Å². The first kappa shape index (κ1) is 35.9. The van der Waals surface area contributed by atoms with Crippen molar-refractivity contribution in [3.8, 4) is 33.4 Å². The van der Waals surface area contributed by atoms with Crippen molar-refractivity contribution in [3.63, 3.8) is 0 Å². The molecule has 0 saturated carbocycles. The predicted octanol–water partition coefficient (Wildman–Crippen LogP) is 9.91. The van der Waals surface area contributed by atoms with Crippen molar-refractivity contribution >= 4 is 116 Å². The molecule has 16 rings (SSSR count). The van der Waals surface area contributed by atoms with Gasteiger partial charge in [0.15, 0.2) is 0 Å². The van der Waals surface area contributed by atoms with Crippen molar-refractivity contribution in [2.75, 3.05) is 19.4 Å². The lowest BCUT2D eigenvalue weighted by Gasteiger charge is -2.56. The van der Waals surface area contributed by atoms with E-state index >= 15 is 0 Å². The van der Waals surface area contributed by atoms with E-state index in [0.29, 0.717) is 0 Å². The molecule has 0 aliphatic carbocycles. The van der Waals surface area contributed by atoms with Crippen molar-refractivity contribution in [1.29, 1.82) is 0 Å². The van der Waals surface area contributed by atoms with Crippen LogP contribution in [0.15, 0.2) is 224 Å². The summed E-state index contributed by atoms with van der Waals surface area (Å²) in [6, 6.07) is 84.3. The van der Waals surface area contributed by atoms with Crippen LogP contribution in [0, 0.1) is 0 Å². The molecule has 0 unspecified atom stereocenters.